The van der Waals surface area contributed by atoms with Gasteiger partial charge in [0.05, 0.1) is 25.5 Å². The van der Waals surface area contributed by atoms with E-state index in [1.807, 2.05) is 42.5 Å². The molecule has 0 unspecified atom stereocenters. The third-order valence-corrected chi connectivity index (χ3v) is 6.36. The molecule has 1 aliphatic rings. The molecule has 0 saturated carbocycles. The quantitative estimate of drug-likeness (QED) is 0.629. The van der Waals surface area contributed by atoms with Gasteiger partial charge in [-0.25, -0.2) is 4.68 Å². The fourth-order valence-electron chi connectivity index (χ4n) is 3.45. The van der Waals surface area contributed by atoms with E-state index in [4.69, 9.17) is 14.6 Å². The van der Waals surface area contributed by atoms with E-state index in [0.29, 0.717) is 47.4 Å². The molecular formula is C22H23N3O4S. The molecule has 1 amide bonds. The summed E-state index contributed by atoms with van der Waals surface area (Å²) in [6.45, 7) is 0.959. The molecule has 3 aromatic rings. The van der Waals surface area contributed by atoms with E-state index in [1.54, 1.807) is 36.1 Å². The fourth-order valence-corrected chi connectivity index (χ4v) is 4.50. The first-order chi connectivity index (χ1) is 14.6. The van der Waals surface area contributed by atoms with Crippen LogP contribution in [0.4, 0.5) is 0 Å². The summed E-state index contributed by atoms with van der Waals surface area (Å²) in [6, 6.07) is 15.1. The molecule has 0 bridgehead atoms. The Labute approximate surface area is 177 Å². The highest BCUT2D eigenvalue weighted by atomic mass is 32.2. The molecule has 30 heavy (non-hydrogen) atoms. The number of carbonyl (C=O) groups is 1. The Bertz CT molecular complexity index is 1070. The monoisotopic (exact) mass is 425 g/mol. The Hall–Kier alpha value is -3.13. The molecule has 8 heteroatoms. The lowest BCUT2D eigenvalue weighted by atomic mass is 10.1. The molecule has 1 aromatic heterocycles. The van der Waals surface area contributed by atoms with Crippen LogP contribution in [0.1, 0.15) is 10.4 Å². The molecule has 0 aliphatic carbocycles. The van der Waals surface area contributed by atoms with Crippen molar-refractivity contribution in [3.05, 3.63) is 60.3 Å². The summed E-state index contributed by atoms with van der Waals surface area (Å²) in [4.78, 5) is 15.1. The molecule has 0 atom stereocenters. The molecule has 4 rings (SSSR count). The van der Waals surface area contributed by atoms with Crippen LogP contribution >= 0.6 is 0 Å². The summed E-state index contributed by atoms with van der Waals surface area (Å²) in [5.74, 6) is 2.07. The number of nitrogens with zero attached hydrogens (tertiary/aromatic N) is 3. The highest BCUT2D eigenvalue weighted by Crippen LogP contribution is 2.34. The Morgan fingerprint density at radius 1 is 1.00 bits per heavy atom. The minimum absolute atomic E-state index is 0.112. The van der Waals surface area contributed by atoms with E-state index in [2.05, 4.69) is 0 Å². The van der Waals surface area contributed by atoms with Crippen molar-refractivity contribution in [3.8, 4) is 28.4 Å². The maximum Gasteiger partial charge on any atom is 0.257 e. The fraction of sp³-hybridized carbons (Fsp3) is 0.273. The van der Waals surface area contributed by atoms with Crippen LogP contribution in [0.3, 0.4) is 0 Å². The number of benzene rings is 2. The van der Waals surface area contributed by atoms with Crippen LogP contribution in [0, 0.1) is 0 Å². The summed E-state index contributed by atoms with van der Waals surface area (Å²) in [5.41, 5.74) is 2.68. The molecule has 1 fully saturated rings. The lowest BCUT2D eigenvalue weighted by Gasteiger charge is -2.26. The van der Waals surface area contributed by atoms with Crippen molar-refractivity contribution in [2.75, 3.05) is 38.8 Å². The zero-order valence-corrected chi connectivity index (χ0v) is 17.7. The van der Waals surface area contributed by atoms with Crippen LogP contribution in [-0.4, -0.2) is 63.6 Å². The topological polar surface area (TPSA) is 73.7 Å². The molecule has 0 N–H and O–H groups in total. The lowest BCUT2D eigenvalue weighted by Crippen LogP contribution is -2.41. The molecule has 0 spiro atoms. The van der Waals surface area contributed by atoms with Gasteiger partial charge in [-0.05, 0) is 30.3 Å². The number of ether oxygens (including phenoxy) is 2. The summed E-state index contributed by atoms with van der Waals surface area (Å²) in [6.07, 6.45) is 1.76. The van der Waals surface area contributed by atoms with Crippen molar-refractivity contribution in [2.45, 2.75) is 0 Å². The average Bonchev–Trinajstić information content (AvgIpc) is 3.24. The SMILES string of the molecule is COc1ccc(-c2nn(-c3ccccc3)cc2C(=O)N2CCS(=O)CC2)cc1OC. The highest BCUT2D eigenvalue weighted by Gasteiger charge is 2.26. The van der Waals surface area contributed by atoms with Gasteiger partial charge in [0.1, 0.15) is 5.69 Å². The van der Waals surface area contributed by atoms with Crippen molar-refractivity contribution >= 4 is 16.7 Å². The van der Waals surface area contributed by atoms with E-state index in [9.17, 15) is 9.00 Å². The molecule has 7 nitrogen and oxygen atoms in total. The molecule has 1 aliphatic heterocycles. The third kappa shape index (κ3) is 3.95. The van der Waals surface area contributed by atoms with Crippen molar-refractivity contribution < 1.29 is 18.5 Å². The Morgan fingerprint density at radius 2 is 1.70 bits per heavy atom. The number of amides is 1. The summed E-state index contributed by atoms with van der Waals surface area (Å²) < 4.78 is 24.2. The zero-order valence-electron chi connectivity index (χ0n) is 16.9. The number of methoxy groups -OCH3 is 2. The Morgan fingerprint density at radius 3 is 2.37 bits per heavy atom. The maximum atomic E-state index is 13.3. The maximum absolute atomic E-state index is 13.3. The largest absolute Gasteiger partial charge is 0.493 e. The first-order valence-electron chi connectivity index (χ1n) is 9.62. The van der Waals surface area contributed by atoms with E-state index in [1.165, 1.54) is 0 Å². The van der Waals surface area contributed by atoms with E-state index in [0.717, 1.165) is 11.3 Å². The van der Waals surface area contributed by atoms with Crippen LogP contribution in [-0.2, 0) is 10.8 Å². The van der Waals surface area contributed by atoms with E-state index >= 15 is 0 Å². The predicted molar refractivity (Wildman–Crippen MR) is 116 cm³/mol. The number of hydrogen-bond donors (Lipinski definition) is 0. The minimum Gasteiger partial charge on any atom is -0.493 e. The second-order valence-electron chi connectivity index (χ2n) is 6.88. The van der Waals surface area contributed by atoms with Crippen LogP contribution in [0.5, 0.6) is 11.5 Å². The van der Waals surface area contributed by atoms with Gasteiger partial charge in [-0.15, -0.1) is 0 Å². The molecule has 0 radical (unpaired) electrons. The van der Waals surface area contributed by atoms with Crippen LogP contribution in [0.25, 0.3) is 16.9 Å². The van der Waals surface area contributed by atoms with Crippen LogP contribution < -0.4 is 9.47 Å². The molecule has 2 heterocycles. The van der Waals surface area contributed by atoms with Crippen LogP contribution in [0.15, 0.2) is 54.7 Å². The first kappa shape index (κ1) is 20.2. The summed E-state index contributed by atoms with van der Waals surface area (Å²) >= 11 is 0. The van der Waals surface area contributed by atoms with Gasteiger partial charge in [-0.2, -0.15) is 5.10 Å². The van der Waals surface area contributed by atoms with Gasteiger partial charge >= 0.3 is 0 Å². The molecule has 156 valence electrons. The molecule has 2 aromatic carbocycles. The van der Waals surface area contributed by atoms with E-state index in [-0.39, 0.29) is 5.91 Å². The second kappa shape index (κ2) is 8.71. The van der Waals surface area contributed by atoms with Gasteiger partial charge in [-0.3, -0.25) is 9.00 Å². The number of para-hydroxylation sites is 1. The standard InChI is InChI=1S/C22H23N3O4S/c1-28-19-9-8-16(14-20(19)29-2)21-18(22(26)24-10-12-30(27)13-11-24)15-25(23-21)17-6-4-3-5-7-17/h3-9,14-15H,10-13H2,1-2H3. The van der Waals surface area contributed by atoms with Gasteiger partial charge in [0.15, 0.2) is 11.5 Å². The van der Waals surface area contributed by atoms with Gasteiger partial charge in [0, 0.05) is 47.2 Å². The van der Waals surface area contributed by atoms with Crippen LogP contribution in [0.2, 0.25) is 0 Å². The van der Waals surface area contributed by atoms with Gasteiger partial charge in [0.2, 0.25) is 0 Å². The minimum atomic E-state index is -0.853. The van der Waals surface area contributed by atoms with Crippen molar-refractivity contribution in [1.82, 2.24) is 14.7 Å². The molecular weight excluding hydrogens is 402 g/mol. The number of rotatable bonds is 5. The second-order valence-corrected chi connectivity index (χ2v) is 8.58. The molecule has 1 saturated heterocycles. The van der Waals surface area contributed by atoms with Gasteiger partial charge in [-0.1, -0.05) is 18.2 Å². The Kier molecular flexibility index (Phi) is 5.85. The van der Waals surface area contributed by atoms with Gasteiger partial charge in [0.25, 0.3) is 5.91 Å². The highest BCUT2D eigenvalue weighted by molar-refractivity contribution is 7.85. The van der Waals surface area contributed by atoms with Gasteiger partial charge < -0.3 is 14.4 Å². The summed E-state index contributed by atoms with van der Waals surface area (Å²) in [7, 11) is 2.30. The Balaban J connectivity index is 1.79. The third-order valence-electron chi connectivity index (χ3n) is 5.09. The summed E-state index contributed by atoms with van der Waals surface area (Å²) in [5, 5.41) is 4.73. The number of aromatic nitrogens is 2. The number of hydrogen-bond acceptors (Lipinski definition) is 5. The van der Waals surface area contributed by atoms with E-state index < -0.39 is 10.8 Å². The van der Waals surface area contributed by atoms with Crippen molar-refractivity contribution in [3.63, 3.8) is 0 Å². The van der Waals surface area contributed by atoms with Crippen molar-refractivity contribution in [2.24, 2.45) is 0 Å². The predicted octanol–water partition coefficient (Wildman–Crippen LogP) is 2.76. The first-order valence-corrected chi connectivity index (χ1v) is 11.1. The normalized spacial score (nSPS) is 14.5. The average molecular weight is 426 g/mol. The number of carbonyl (C=O) groups excluding carboxylic acids is 1. The van der Waals surface area contributed by atoms with Crippen molar-refractivity contribution in [1.29, 1.82) is 0 Å². The smallest absolute Gasteiger partial charge is 0.257 e. The zero-order chi connectivity index (χ0) is 21.1. The lowest BCUT2D eigenvalue weighted by molar-refractivity contribution is 0.0772.